The Labute approximate surface area is 145 Å². The highest BCUT2D eigenvalue weighted by Gasteiger charge is 2.18. The zero-order valence-corrected chi connectivity index (χ0v) is 14.9. The third kappa shape index (κ3) is 5.06. The summed E-state index contributed by atoms with van der Waals surface area (Å²) in [6.07, 6.45) is 1.93. The fourth-order valence-electron chi connectivity index (χ4n) is 2.38. The molecule has 0 aliphatic rings. The maximum absolute atomic E-state index is 12.3. The normalized spacial score (nSPS) is 11.6. The number of nitrogens with zero attached hydrogens (tertiary/aromatic N) is 2. The highest BCUT2D eigenvalue weighted by atomic mass is 32.1. The monoisotopic (exact) mass is 346 g/mol. The van der Waals surface area contributed by atoms with Gasteiger partial charge in [-0.3, -0.25) is 9.59 Å². The minimum atomic E-state index is -0.301. The van der Waals surface area contributed by atoms with Gasteiger partial charge in [-0.05, 0) is 17.5 Å². The average Bonchev–Trinajstić information content (AvgIpc) is 3.06. The van der Waals surface area contributed by atoms with Crippen molar-refractivity contribution in [2.24, 2.45) is 0 Å². The molecule has 24 heavy (non-hydrogen) atoms. The Kier molecular flexibility index (Phi) is 6.31. The topological polar surface area (TPSA) is 74.3 Å². The minimum Gasteiger partial charge on any atom is -0.362 e. The predicted octanol–water partition coefficient (Wildman–Crippen LogP) is 2.09. The lowest BCUT2D eigenvalue weighted by Crippen LogP contribution is -2.32. The number of anilines is 1. The lowest BCUT2D eigenvalue weighted by molar-refractivity contribution is -0.122. The van der Waals surface area contributed by atoms with E-state index < -0.39 is 0 Å². The lowest BCUT2D eigenvalue weighted by Gasteiger charge is -2.18. The summed E-state index contributed by atoms with van der Waals surface area (Å²) < 4.78 is 0. The largest absolute Gasteiger partial charge is 0.362 e. The summed E-state index contributed by atoms with van der Waals surface area (Å²) in [4.78, 5) is 30.9. The quantitative estimate of drug-likeness (QED) is 0.805. The number of thiophene rings is 1. The molecule has 0 aliphatic heterocycles. The van der Waals surface area contributed by atoms with Gasteiger partial charge in [-0.25, -0.2) is 4.98 Å². The smallest absolute Gasteiger partial charge is 0.222 e. The molecular weight excluding hydrogens is 324 g/mol. The first kappa shape index (κ1) is 17.9. The molecule has 0 aliphatic carbocycles. The predicted molar refractivity (Wildman–Crippen MR) is 95.9 cm³/mol. The van der Waals surface area contributed by atoms with Gasteiger partial charge in [0.1, 0.15) is 5.82 Å². The number of rotatable bonds is 7. The molecule has 6 nitrogen and oxygen atoms in total. The summed E-state index contributed by atoms with van der Waals surface area (Å²) in [5.41, 5.74) is 0.947. The molecule has 1 unspecified atom stereocenters. The van der Waals surface area contributed by atoms with Crippen LogP contribution in [0.5, 0.6) is 0 Å². The second-order valence-corrected chi connectivity index (χ2v) is 6.61. The first-order valence-electron chi connectivity index (χ1n) is 7.65. The second kappa shape index (κ2) is 8.44. The van der Waals surface area contributed by atoms with E-state index in [1.807, 2.05) is 48.6 Å². The van der Waals surface area contributed by atoms with Gasteiger partial charge in [0.25, 0.3) is 0 Å². The van der Waals surface area contributed by atoms with Crippen LogP contribution in [0.1, 0.15) is 29.8 Å². The molecule has 2 aromatic rings. The van der Waals surface area contributed by atoms with Crippen molar-refractivity contribution in [3.8, 4) is 0 Å². The second-order valence-electron chi connectivity index (χ2n) is 5.63. The van der Waals surface area contributed by atoms with E-state index >= 15 is 0 Å². The van der Waals surface area contributed by atoms with Crippen LogP contribution in [0, 0.1) is 0 Å². The molecule has 0 radical (unpaired) electrons. The maximum atomic E-state index is 12.3. The third-order valence-corrected chi connectivity index (χ3v) is 4.41. The molecule has 2 amide bonds. The molecule has 0 aromatic carbocycles. The Hall–Kier alpha value is -2.41. The van der Waals surface area contributed by atoms with E-state index in [1.54, 1.807) is 6.20 Å². The molecule has 0 bridgehead atoms. The van der Waals surface area contributed by atoms with Gasteiger partial charge in [-0.2, -0.15) is 0 Å². The van der Waals surface area contributed by atoms with Crippen LogP contribution in [0.25, 0.3) is 0 Å². The van der Waals surface area contributed by atoms with Crippen LogP contribution in [-0.2, 0) is 16.1 Å². The molecular formula is C17H22N4O2S. The molecule has 2 rings (SSSR count). The number of hydrogen-bond donors (Lipinski definition) is 2. The van der Waals surface area contributed by atoms with Gasteiger partial charge in [-0.1, -0.05) is 12.1 Å². The van der Waals surface area contributed by atoms with E-state index in [9.17, 15) is 9.59 Å². The highest BCUT2D eigenvalue weighted by Crippen LogP contribution is 2.22. The van der Waals surface area contributed by atoms with Crippen molar-refractivity contribution < 1.29 is 9.59 Å². The zero-order valence-electron chi connectivity index (χ0n) is 14.1. The van der Waals surface area contributed by atoms with E-state index in [0.717, 1.165) is 16.3 Å². The van der Waals surface area contributed by atoms with Crippen LogP contribution >= 0.6 is 11.3 Å². The Balaban J connectivity index is 1.98. The van der Waals surface area contributed by atoms with Gasteiger partial charge in [0.15, 0.2) is 0 Å². The number of hydrogen-bond acceptors (Lipinski definition) is 5. The van der Waals surface area contributed by atoms with Crippen LogP contribution in [0.2, 0.25) is 0 Å². The molecule has 2 N–H and O–H groups in total. The van der Waals surface area contributed by atoms with Crippen molar-refractivity contribution in [3.63, 3.8) is 0 Å². The Morgan fingerprint density at radius 3 is 2.71 bits per heavy atom. The standard InChI is InChI=1S/C17H22N4O2S/c1-12(22)20-14(15-7-5-9-24-15)10-16(23)19-11-13-6-4-8-18-17(13)21(2)3/h4-9,14H,10-11H2,1-3H3,(H,19,23)(H,20,22). The fourth-order valence-corrected chi connectivity index (χ4v) is 3.16. The minimum absolute atomic E-state index is 0.115. The van der Waals surface area contributed by atoms with Crippen molar-refractivity contribution in [2.75, 3.05) is 19.0 Å². The lowest BCUT2D eigenvalue weighted by atomic mass is 10.1. The Morgan fingerprint density at radius 1 is 1.29 bits per heavy atom. The van der Waals surface area contributed by atoms with Gasteiger partial charge >= 0.3 is 0 Å². The van der Waals surface area contributed by atoms with Crippen molar-refractivity contribution in [2.45, 2.75) is 25.9 Å². The molecule has 0 saturated heterocycles. The number of amides is 2. The summed E-state index contributed by atoms with van der Waals surface area (Å²) in [5.74, 6) is 0.563. The average molecular weight is 346 g/mol. The molecule has 1 atom stereocenters. The van der Waals surface area contributed by atoms with Gasteiger partial charge in [-0.15, -0.1) is 11.3 Å². The number of aromatic nitrogens is 1. The number of carbonyl (C=O) groups excluding carboxylic acids is 2. The van der Waals surface area contributed by atoms with E-state index in [1.165, 1.54) is 18.3 Å². The zero-order chi connectivity index (χ0) is 17.5. The summed E-state index contributed by atoms with van der Waals surface area (Å²) in [6, 6.07) is 7.31. The molecule has 0 saturated carbocycles. The van der Waals surface area contributed by atoms with Gasteiger partial charge in [0, 0.05) is 44.2 Å². The first-order valence-corrected chi connectivity index (χ1v) is 8.53. The third-order valence-electron chi connectivity index (χ3n) is 3.42. The molecule has 2 heterocycles. The fraction of sp³-hybridized carbons (Fsp3) is 0.353. The summed E-state index contributed by atoms with van der Waals surface area (Å²) in [5, 5.41) is 7.67. The van der Waals surface area contributed by atoms with Crippen LogP contribution < -0.4 is 15.5 Å². The van der Waals surface area contributed by atoms with E-state index in [-0.39, 0.29) is 24.3 Å². The van der Waals surface area contributed by atoms with Crippen LogP contribution in [-0.4, -0.2) is 30.9 Å². The van der Waals surface area contributed by atoms with E-state index in [0.29, 0.717) is 6.54 Å². The maximum Gasteiger partial charge on any atom is 0.222 e. The molecule has 0 spiro atoms. The highest BCUT2D eigenvalue weighted by molar-refractivity contribution is 7.10. The molecule has 7 heteroatoms. The summed E-state index contributed by atoms with van der Waals surface area (Å²) in [7, 11) is 3.83. The number of nitrogens with one attached hydrogen (secondary N) is 2. The van der Waals surface area contributed by atoms with Crippen LogP contribution in [0.3, 0.4) is 0 Å². The first-order chi connectivity index (χ1) is 11.5. The van der Waals surface area contributed by atoms with Crippen molar-refractivity contribution in [3.05, 3.63) is 46.3 Å². The molecule has 2 aromatic heterocycles. The molecule has 0 fully saturated rings. The Bertz CT molecular complexity index is 686. The number of carbonyl (C=O) groups is 2. The summed E-state index contributed by atoms with van der Waals surface area (Å²) in [6.45, 7) is 1.86. The van der Waals surface area contributed by atoms with Gasteiger partial charge in [0.05, 0.1) is 12.5 Å². The van der Waals surface area contributed by atoms with Crippen molar-refractivity contribution in [1.29, 1.82) is 0 Å². The number of pyridine rings is 1. The van der Waals surface area contributed by atoms with E-state index in [2.05, 4.69) is 15.6 Å². The van der Waals surface area contributed by atoms with Crippen LogP contribution in [0.4, 0.5) is 5.82 Å². The van der Waals surface area contributed by atoms with Gasteiger partial charge in [0.2, 0.25) is 11.8 Å². The summed E-state index contributed by atoms with van der Waals surface area (Å²) >= 11 is 1.52. The molecule has 128 valence electrons. The van der Waals surface area contributed by atoms with Crippen LogP contribution in [0.15, 0.2) is 35.8 Å². The Morgan fingerprint density at radius 2 is 2.08 bits per heavy atom. The SMILES string of the molecule is CC(=O)NC(CC(=O)NCc1cccnc1N(C)C)c1cccs1. The van der Waals surface area contributed by atoms with Gasteiger partial charge < -0.3 is 15.5 Å². The van der Waals surface area contributed by atoms with Crippen molar-refractivity contribution in [1.82, 2.24) is 15.6 Å². The van der Waals surface area contributed by atoms with Crippen molar-refractivity contribution >= 4 is 29.0 Å². The van der Waals surface area contributed by atoms with E-state index in [4.69, 9.17) is 0 Å².